The molecule has 8 heteroatoms. The smallest absolute Gasteiger partial charge is 0.272 e. The summed E-state index contributed by atoms with van der Waals surface area (Å²) in [5, 5.41) is 8.05. The molecule has 30 heavy (non-hydrogen) atoms. The van der Waals surface area contributed by atoms with Gasteiger partial charge in [-0.2, -0.15) is 5.10 Å². The Hall–Kier alpha value is -3.03. The van der Waals surface area contributed by atoms with Crippen LogP contribution in [-0.4, -0.2) is 29.9 Å². The van der Waals surface area contributed by atoms with Crippen molar-refractivity contribution in [2.24, 2.45) is 0 Å². The summed E-state index contributed by atoms with van der Waals surface area (Å²) >= 11 is 5.96. The van der Waals surface area contributed by atoms with Crippen LogP contribution in [0.25, 0.3) is 0 Å². The lowest BCUT2D eigenvalue weighted by Crippen LogP contribution is -2.24. The van der Waals surface area contributed by atoms with Crippen molar-refractivity contribution in [2.45, 2.75) is 25.8 Å². The van der Waals surface area contributed by atoms with Crippen LogP contribution in [0.4, 0.5) is 0 Å². The monoisotopic (exact) mass is 427 g/mol. The van der Waals surface area contributed by atoms with Gasteiger partial charge in [-0.15, -0.1) is 0 Å². The van der Waals surface area contributed by atoms with Crippen molar-refractivity contribution >= 4 is 17.5 Å². The van der Waals surface area contributed by atoms with E-state index < -0.39 is 0 Å². The molecule has 0 fully saturated rings. The second kappa shape index (κ2) is 8.77. The number of aromatic nitrogens is 2. The van der Waals surface area contributed by atoms with Gasteiger partial charge in [0.15, 0.2) is 17.2 Å². The number of hydrogen-bond donors (Lipinski definition) is 1. The quantitative estimate of drug-likeness (QED) is 0.648. The van der Waals surface area contributed by atoms with Gasteiger partial charge in [0.25, 0.3) is 5.91 Å². The van der Waals surface area contributed by atoms with Gasteiger partial charge in [-0.1, -0.05) is 29.8 Å². The zero-order chi connectivity index (χ0) is 21.1. The van der Waals surface area contributed by atoms with Crippen LogP contribution in [0.2, 0.25) is 5.02 Å². The average Bonchev–Trinajstić information content (AvgIpc) is 3.21. The van der Waals surface area contributed by atoms with E-state index in [1.807, 2.05) is 47.1 Å². The predicted octanol–water partition coefficient (Wildman–Crippen LogP) is 3.76. The molecule has 0 radical (unpaired) electrons. The first-order valence-electron chi connectivity index (χ1n) is 9.50. The molecule has 1 atom stereocenters. The van der Waals surface area contributed by atoms with Gasteiger partial charge in [0.1, 0.15) is 6.10 Å². The first-order valence-corrected chi connectivity index (χ1v) is 9.88. The third-order valence-corrected chi connectivity index (χ3v) is 5.26. The van der Waals surface area contributed by atoms with Crippen molar-refractivity contribution in [3.8, 4) is 11.5 Å². The number of rotatable bonds is 6. The fourth-order valence-electron chi connectivity index (χ4n) is 3.38. The SMILES string of the molecule is COc1ccc(CNC(=O)c2cc3n(n2)CC(c2ccc(Cl)cc2)OC3)cc1OC. The molecule has 1 aliphatic heterocycles. The number of nitrogens with one attached hydrogen (secondary N) is 1. The highest BCUT2D eigenvalue weighted by molar-refractivity contribution is 6.30. The zero-order valence-corrected chi connectivity index (χ0v) is 17.5. The number of ether oxygens (including phenoxy) is 3. The van der Waals surface area contributed by atoms with Crippen molar-refractivity contribution in [3.05, 3.63) is 76.1 Å². The van der Waals surface area contributed by atoms with Gasteiger partial charge >= 0.3 is 0 Å². The van der Waals surface area contributed by atoms with Crippen LogP contribution in [0.15, 0.2) is 48.5 Å². The fraction of sp³-hybridized carbons (Fsp3) is 0.273. The molecule has 0 spiro atoms. The average molecular weight is 428 g/mol. The maximum atomic E-state index is 12.6. The van der Waals surface area contributed by atoms with Crippen LogP contribution >= 0.6 is 11.6 Å². The first kappa shape index (κ1) is 20.3. The highest BCUT2D eigenvalue weighted by atomic mass is 35.5. The molecule has 1 aromatic heterocycles. The maximum Gasteiger partial charge on any atom is 0.272 e. The lowest BCUT2D eigenvalue weighted by molar-refractivity contribution is -0.00119. The van der Waals surface area contributed by atoms with Crippen LogP contribution in [0.1, 0.15) is 33.4 Å². The molecule has 4 rings (SSSR count). The zero-order valence-electron chi connectivity index (χ0n) is 16.7. The molecule has 156 valence electrons. The van der Waals surface area contributed by atoms with Gasteiger partial charge in [0.05, 0.1) is 33.1 Å². The van der Waals surface area contributed by atoms with Gasteiger partial charge in [-0.3, -0.25) is 9.48 Å². The Morgan fingerprint density at radius 3 is 2.67 bits per heavy atom. The van der Waals surface area contributed by atoms with E-state index >= 15 is 0 Å². The molecule has 3 aromatic rings. The van der Waals surface area contributed by atoms with Crippen LogP contribution in [-0.2, 0) is 24.4 Å². The Balaban J connectivity index is 1.41. The van der Waals surface area contributed by atoms with E-state index in [0.29, 0.717) is 41.9 Å². The highest BCUT2D eigenvalue weighted by Gasteiger charge is 2.24. The van der Waals surface area contributed by atoms with E-state index in [2.05, 4.69) is 10.4 Å². The Morgan fingerprint density at radius 1 is 1.17 bits per heavy atom. The van der Waals surface area contributed by atoms with Gasteiger partial charge in [-0.05, 0) is 41.5 Å². The van der Waals surface area contributed by atoms with Crippen molar-refractivity contribution in [2.75, 3.05) is 14.2 Å². The molecule has 1 amide bonds. The Morgan fingerprint density at radius 2 is 1.93 bits per heavy atom. The summed E-state index contributed by atoms with van der Waals surface area (Å²) in [6.45, 7) is 1.29. The summed E-state index contributed by atoms with van der Waals surface area (Å²) in [6, 6.07) is 14.9. The Kier molecular flexibility index (Phi) is 5.92. The van der Waals surface area contributed by atoms with Gasteiger partial charge in [0, 0.05) is 11.6 Å². The van der Waals surface area contributed by atoms with Crippen molar-refractivity contribution in [1.29, 1.82) is 0 Å². The molecular formula is C22H22ClN3O4. The molecule has 1 unspecified atom stereocenters. The maximum absolute atomic E-state index is 12.6. The number of carbonyl (C=O) groups excluding carboxylic acids is 1. The molecule has 0 saturated carbocycles. The molecule has 0 aliphatic carbocycles. The third kappa shape index (κ3) is 4.27. The second-order valence-corrected chi connectivity index (χ2v) is 7.36. The number of fused-ring (bicyclic) bond motifs is 1. The van der Waals surface area contributed by atoms with E-state index in [-0.39, 0.29) is 12.0 Å². The van der Waals surface area contributed by atoms with Crippen LogP contribution in [0.5, 0.6) is 11.5 Å². The molecule has 0 saturated heterocycles. The first-order chi connectivity index (χ1) is 14.6. The lowest BCUT2D eigenvalue weighted by Gasteiger charge is -2.24. The largest absolute Gasteiger partial charge is 0.493 e. The standard InChI is InChI=1S/C22H22ClN3O4/c1-28-19-8-3-14(9-20(19)29-2)11-24-22(27)18-10-17-13-30-21(12-26(17)25-18)15-4-6-16(23)7-5-15/h3-10,21H,11-13H2,1-2H3,(H,24,27). The summed E-state index contributed by atoms with van der Waals surface area (Å²) in [4.78, 5) is 12.6. The number of carbonyl (C=O) groups is 1. The normalized spacial score (nSPS) is 15.4. The number of nitrogens with zero attached hydrogens (tertiary/aromatic N) is 2. The molecule has 1 aliphatic rings. The minimum absolute atomic E-state index is 0.127. The summed E-state index contributed by atoms with van der Waals surface area (Å²) in [7, 11) is 3.16. The van der Waals surface area contributed by atoms with E-state index in [0.717, 1.165) is 16.8 Å². The van der Waals surface area contributed by atoms with E-state index in [4.69, 9.17) is 25.8 Å². The molecule has 2 aromatic carbocycles. The highest BCUT2D eigenvalue weighted by Crippen LogP contribution is 2.28. The van der Waals surface area contributed by atoms with Crippen LogP contribution in [0, 0.1) is 0 Å². The molecule has 1 N–H and O–H groups in total. The predicted molar refractivity (Wildman–Crippen MR) is 112 cm³/mol. The second-order valence-electron chi connectivity index (χ2n) is 6.93. The summed E-state index contributed by atoms with van der Waals surface area (Å²) < 4.78 is 18.3. The molecule has 0 bridgehead atoms. The number of amides is 1. The summed E-state index contributed by atoms with van der Waals surface area (Å²) in [5.41, 5.74) is 3.17. The van der Waals surface area contributed by atoms with Crippen LogP contribution in [0.3, 0.4) is 0 Å². The number of halogens is 1. The summed E-state index contributed by atoms with van der Waals surface area (Å²) in [6.07, 6.45) is -0.127. The van der Waals surface area contributed by atoms with Gasteiger partial charge in [-0.25, -0.2) is 0 Å². The number of hydrogen-bond acceptors (Lipinski definition) is 5. The summed E-state index contributed by atoms with van der Waals surface area (Å²) in [5.74, 6) is 1.02. The lowest BCUT2D eigenvalue weighted by atomic mass is 10.1. The minimum atomic E-state index is -0.241. The van der Waals surface area contributed by atoms with Crippen molar-refractivity contribution in [3.63, 3.8) is 0 Å². The Bertz CT molecular complexity index is 1050. The van der Waals surface area contributed by atoms with Crippen LogP contribution < -0.4 is 14.8 Å². The van der Waals surface area contributed by atoms with Gasteiger partial charge < -0.3 is 19.5 Å². The van der Waals surface area contributed by atoms with E-state index in [1.54, 1.807) is 20.3 Å². The van der Waals surface area contributed by atoms with E-state index in [9.17, 15) is 4.79 Å². The topological polar surface area (TPSA) is 74.6 Å². The molecule has 7 nitrogen and oxygen atoms in total. The minimum Gasteiger partial charge on any atom is -0.493 e. The number of benzene rings is 2. The Labute approximate surface area is 179 Å². The van der Waals surface area contributed by atoms with Gasteiger partial charge in [0.2, 0.25) is 0 Å². The van der Waals surface area contributed by atoms with Crippen molar-refractivity contribution < 1.29 is 19.0 Å². The number of methoxy groups -OCH3 is 2. The molecule has 2 heterocycles. The fourth-order valence-corrected chi connectivity index (χ4v) is 3.50. The molecular weight excluding hydrogens is 406 g/mol. The van der Waals surface area contributed by atoms with E-state index in [1.165, 1.54) is 0 Å². The van der Waals surface area contributed by atoms with Crippen molar-refractivity contribution in [1.82, 2.24) is 15.1 Å². The third-order valence-electron chi connectivity index (χ3n) is 5.01.